The smallest absolute Gasteiger partial charge is 0.307 e. The molecule has 2 atom stereocenters. The third kappa shape index (κ3) is 2.06. The van der Waals surface area contributed by atoms with Crippen LogP contribution in [0.25, 0.3) is 0 Å². The summed E-state index contributed by atoms with van der Waals surface area (Å²) >= 11 is 0. The second-order valence-corrected chi connectivity index (χ2v) is 5.41. The highest BCUT2D eigenvalue weighted by atomic mass is 16.4. The normalized spacial score (nSPS) is 28.3. The molecule has 4 nitrogen and oxygen atoms in total. The van der Waals surface area contributed by atoms with Crippen molar-refractivity contribution in [2.45, 2.75) is 53.1 Å². The summed E-state index contributed by atoms with van der Waals surface area (Å²) in [6.45, 7) is 9.59. The SMILES string of the molecule is CC(C)N(C(=O)[C@]1(C)C[C@@H]1C(=O)O)C(C)C. The lowest BCUT2D eigenvalue weighted by Gasteiger charge is -2.33. The maximum absolute atomic E-state index is 12.3. The Bertz CT molecular complexity index is 303. The van der Waals surface area contributed by atoms with E-state index in [1.165, 1.54) is 0 Å². The molecule has 1 aliphatic carbocycles. The Morgan fingerprint density at radius 3 is 1.94 bits per heavy atom. The summed E-state index contributed by atoms with van der Waals surface area (Å²) in [6, 6.07) is 0.221. The summed E-state index contributed by atoms with van der Waals surface area (Å²) in [4.78, 5) is 24.9. The maximum Gasteiger partial charge on any atom is 0.307 e. The summed E-state index contributed by atoms with van der Waals surface area (Å²) in [6.07, 6.45) is 0.469. The van der Waals surface area contributed by atoms with Gasteiger partial charge < -0.3 is 10.0 Å². The monoisotopic (exact) mass is 227 g/mol. The van der Waals surface area contributed by atoms with Crippen molar-refractivity contribution >= 4 is 11.9 Å². The highest BCUT2D eigenvalue weighted by molar-refractivity contribution is 5.93. The summed E-state index contributed by atoms with van der Waals surface area (Å²) < 4.78 is 0. The topological polar surface area (TPSA) is 57.6 Å². The van der Waals surface area contributed by atoms with Gasteiger partial charge >= 0.3 is 5.97 Å². The van der Waals surface area contributed by atoms with Crippen molar-refractivity contribution in [3.63, 3.8) is 0 Å². The van der Waals surface area contributed by atoms with Gasteiger partial charge in [-0.3, -0.25) is 9.59 Å². The van der Waals surface area contributed by atoms with Gasteiger partial charge in [0.15, 0.2) is 0 Å². The van der Waals surface area contributed by atoms with Crippen LogP contribution in [0.1, 0.15) is 41.0 Å². The Hall–Kier alpha value is -1.06. The zero-order valence-electron chi connectivity index (χ0n) is 10.7. The number of nitrogens with zero attached hydrogens (tertiary/aromatic N) is 1. The Balaban J connectivity index is 2.82. The van der Waals surface area contributed by atoms with Gasteiger partial charge in [-0.2, -0.15) is 0 Å². The van der Waals surface area contributed by atoms with E-state index in [-0.39, 0.29) is 18.0 Å². The quantitative estimate of drug-likeness (QED) is 0.796. The maximum atomic E-state index is 12.3. The third-order valence-corrected chi connectivity index (χ3v) is 3.37. The predicted molar refractivity (Wildman–Crippen MR) is 61.0 cm³/mol. The summed E-state index contributed by atoms with van der Waals surface area (Å²) in [7, 11) is 0. The molecule has 4 heteroatoms. The predicted octanol–water partition coefficient (Wildman–Crippen LogP) is 1.74. The Morgan fingerprint density at radius 1 is 1.25 bits per heavy atom. The molecular formula is C12H21NO3. The van der Waals surface area contributed by atoms with Crippen molar-refractivity contribution in [2.24, 2.45) is 11.3 Å². The van der Waals surface area contributed by atoms with Crippen molar-refractivity contribution in [3.05, 3.63) is 0 Å². The average Bonchev–Trinajstić information content (AvgIpc) is 2.78. The van der Waals surface area contributed by atoms with E-state index in [2.05, 4.69) is 0 Å². The summed E-state index contributed by atoms with van der Waals surface area (Å²) in [5.74, 6) is -1.38. The molecule has 16 heavy (non-hydrogen) atoms. The van der Waals surface area contributed by atoms with E-state index < -0.39 is 17.3 Å². The van der Waals surface area contributed by atoms with E-state index in [0.29, 0.717) is 6.42 Å². The first-order chi connectivity index (χ1) is 7.21. The second-order valence-electron chi connectivity index (χ2n) is 5.41. The van der Waals surface area contributed by atoms with Crippen LogP contribution in [0.4, 0.5) is 0 Å². The van der Waals surface area contributed by atoms with Crippen LogP contribution in [0.2, 0.25) is 0 Å². The number of amides is 1. The molecular weight excluding hydrogens is 206 g/mol. The highest BCUT2D eigenvalue weighted by Crippen LogP contribution is 2.53. The lowest BCUT2D eigenvalue weighted by Crippen LogP contribution is -2.46. The minimum absolute atomic E-state index is 0.0232. The number of aliphatic carboxylic acids is 1. The summed E-state index contributed by atoms with van der Waals surface area (Å²) in [5, 5.41) is 8.93. The molecule has 1 amide bonds. The number of carbonyl (C=O) groups is 2. The molecule has 0 aromatic carbocycles. The fourth-order valence-corrected chi connectivity index (χ4v) is 2.32. The van der Waals surface area contributed by atoms with Gasteiger partial charge in [0.1, 0.15) is 0 Å². The van der Waals surface area contributed by atoms with Crippen LogP contribution >= 0.6 is 0 Å². The van der Waals surface area contributed by atoms with Crippen LogP contribution in [-0.4, -0.2) is 34.0 Å². The van der Waals surface area contributed by atoms with E-state index in [1.54, 1.807) is 11.8 Å². The molecule has 92 valence electrons. The van der Waals surface area contributed by atoms with Gasteiger partial charge in [-0.15, -0.1) is 0 Å². The largest absolute Gasteiger partial charge is 0.481 e. The van der Waals surface area contributed by atoms with Gasteiger partial charge in [0.05, 0.1) is 11.3 Å². The number of carbonyl (C=O) groups excluding carboxylic acids is 1. The Morgan fingerprint density at radius 2 is 1.69 bits per heavy atom. The van der Waals surface area contributed by atoms with E-state index in [0.717, 1.165) is 0 Å². The number of hydrogen-bond donors (Lipinski definition) is 1. The first kappa shape index (κ1) is 13.0. The molecule has 0 aromatic heterocycles. The summed E-state index contributed by atoms with van der Waals surface area (Å²) in [5.41, 5.74) is -0.680. The van der Waals surface area contributed by atoms with Crippen molar-refractivity contribution < 1.29 is 14.7 Å². The number of carboxylic acids is 1. The fraction of sp³-hybridized carbons (Fsp3) is 0.833. The number of rotatable bonds is 4. The molecule has 1 N–H and O–H groups in total. The van der Waals surface area contributed by atoms with Crippen molar-refractivity contribution in [2.75, 3.05) is 0 Å². The van der Waals surface area contributed by atoms with Crippen molar-refractivity contribution in [3.8, 4) is 0 Å². The molecule has 1 fully saturated rings. The molecule has 0 bridgehead atoms. The number of carboxylic acid groups (broad SMARTS) is 1. The molecule has 1 aliphatic rings. The van der Waals surface area contributed by atoms with Crippen LogP contribution in [0.5, 0.6) is 0 Å². The third-order valence-electron chi connectivity index (χ3n) is 3.37. The molecule has 0 saturated heterocycles. The molecule has 0 heterocycles. The Kier molecular flexibility index (Phi) is 3.31. The van der Waals surface area contributed by atoms with Gasteiger partial charge in [0.25, 0.3) is 0 Å². The average molecular weight is 227 g/mol. The number of hydrogen-bond acceptors (Lipinski definition) is 2. The molecule has 1 saturated carbocycles. The van der Waals surface area contributed by atoms with E-state index in [4.69, 9.17) is 5.11 Å². The van der Waals surface area contributed by atoms with E-state index in [1.807, 2.05) is 27.7 Å². The van der Waals surface area contributed by atoms with Gasteiger partial charge in [0, 0.05) is 12.1 Å². The van der Waals surface area contributed by atoms with Crippen molar-refractivity contribution in [1.82, 2.24) is 4.90 Å². The molecule has 1 rings (SSSR count). The van der Waals surface area contributed by atoms with Gasteiger partial charge in [-0.05, 0) is 41.0 Å². The van der Waals surface area contributed by atoms with Gasteiger partial charge in [0.2, 0.25) is 5.91 Å². The fourth-order valence-electron chi connectivity index (χ4n) is 2.32. The highest BCUT2D eigenvalue weighted by Gasteiger charge is 2.61. The first-order valence-electron chi connectivity index (χ1n) is 5.77. The second kappa shape index (κ2) is 4.07. The van der Waals surface area contributed by atoms with Gasteiger partial charge in [-0.1, -0.05) is 0 Å². The standard InChI is InChI=1S/C12H21NO3/c1-7(2)13(8(3)4)11(16)12(5)6-9(12)10(14)15/h7-9H,6H2,1-5H3,(H,14,15)/t9-,12-/m1/s1. The van der Waals surface area contributed by atoms with Crippen LogP contribution in [-0.2, 0) is 9.59 Å². The van der Waals surface area contributed by atoms with E-state index in [9.17, 15) is 9.59 Å². The first-order valence-corrected chi connectivity index (χ1v) is 5.77. The molecule has 0 radical (unpaired) electrons. The lowest BCUT2D eigenvalue weighted by atomic mass is 10.0. The van der Waals surface area contributed by atoms with Crippen LogP contribution < -0.4 is 0 Å². The van der Waals surface area contributed by atoms with Crippen molar-refractivity contribution in [1.29, 1.82) is 0 Å². The minimum Gasteiger partial charge on any atom is -0.481 e. The van der Waals surface area contributed by atoms with Gasteiger partial charge in [-0.25, -0.2) is 0 Å². The Labute approximate surface area is 96.6 Å². The zero-order chi connectivity index (χ0) is 12.7. The molecule has 0 spiro atoms. The molecule has 0 unspecified atom stereocenters. The van der Waals surface area contributed by atoms with Crippen LogP contribution in [0.15, 0.2) is 0 Å². The van der Waals surface area contributed by atoms with Crippen LogP contribution in [0.3, 0.4) is 0 Å². The lowest BCUT2D eigenvalue weighted by molar-refractivity contribution is -0.146. The van der Waals surface area contributed by atoms with E-state index >= 15 is 0 Å². The zero-order valence-corrected chi connectivity index (χ0v) is 10.7. The molecule has 0 aliphatic heterocycles. The van der Waals surface area contributed by atoms with Crippen LogP contribution in [0, 0.1) is 11.3 Å². The molecule has 0 aromatic rings. The minimum atomic E-state index is -0.858.